The molecule has 0 bridgehead atoms. The maximum Gasteiger partial charge on any atom is 0.256 e. The number of hydrogen-bond acceptors (Lipinski definition) is 11. The quantitative estimate of drug-likeness (QED) is 0.0594. The average molecular weight is 1120 g/mol. The van der Waals surface area contributed by atoms with E-state index in [2.05, 4.69) is 40.9 Å². The number of benzene rings is 6. The van der Waals surface area contributed by atoms with Crippen molar-refractivity contribution in [2.75, 3.05) is 11.6 Å². The van der Waals surface area contributed by atoms with Crippen LogP contribution in [0.25, 0.3) is 56.0 Å². The van der Waals surface area contributed by atoms with Crippen LogP contribution in [0.15, 0.2) is 185 Å². The number of amides is 2. The molecule has 410 valence electrons. The SMILES string of the molecule is Cc1ccc(C(=O)NCc2ccccc2)cc1-c1nc(NCc2ncc[nH]2)nc2c1ccc(=O)n2-c1c(F)cccc1F.Cc1ccc(C(=O)NCc2ccccc2)cc1-c1nc(S(C)=O)nc2c1ccc(=O)n2-c1c(F)cccc1F. The van der Waals surface area contributed by atoms with E-state index in [1.54, 1.807) is 48.8 Å². The molecular weight excluding hydrogens is 1070 g/mol. The Hall–Kier alpha value is -10.3. The molecule has 5 heterocycles. The van der Waals surface area contributed by atoms with Gasteiger partial charge in [-0.1, -0.05) is 84.9 Å². The van der Waals surface area contributed by atoms with Gasteiger partial charge < -0.3 is 20.9 Å². The molecule has 21 heteroatoms. The molecule has 11 rings (SSSR count). The predicted molar refractivity (Wildman–Crippen MR) is 304 cm³/mol. The monoisotopic (exact) mass is 1120 g/mol. The zero-order chi connectivity index (χ0) is 57.6. The van der Waals surface area contributed by atoms with E-state index in [1.807, 2.05) is 74.5 Å². The number of H-pyrrole nitrogens is 1. The normalized spacial score (nSPS) is 11.5. The summed E-state index contributed by atoms with van der Waals surface area (Å²) in [7, 11) is -1.70. The third-order valence-corrected chi connectivity index (χ3v) is 13.8. The Labute approximate surface area is 467 Å². The predicted octanol–water partition coefficient (Wildman–Crippen LogP) is 10.0. The highest BCUT2D eigenvalue weighted by Crippen LogP contribution is 2.34. The first-order chi connectivity index (χ1) is 39.6. The van der Waals surface area contributed by atoms with Gasteiger partial charge >= 0.3 is 0 Å². The highest BCUT2D eigenvalue weighted by Gasteiger charge is 2.24. The summed E-state index contributed by atoms with van der Waals surface area (Å²) in [6, 6.07) is 41.2. The summed E-state index contributed by atoms with van der Waals surface area (Å²) >= 11 is 0. The lowest BCUT2D eigenvalue weighted by molar-refractivity contribution is 0.0943. The second-order valence-electron chi connectivity index (χ2n) is 18.6. The lowest BCUT2D eigenvalue weighted by Gasteiger charge is -2.16. The van der Waals surface area contributed by atoms with Crippen LogP contribution in [-0.2, 0) is 30.4 Å². The van der Waals surface area contributed by atoms with Gasteiger partial charge in [-0.15, -0.1) is 0 Å². The molecule has 1 unspecified atom stereocenters. The van der Waals surface area contributed by atoms with E-state index in [9.17, 15) is 40.9 Å². The topological polar surface area (TPSA) is 212 Å². The maximum atomic E-state index is 15.0. The number of carbonyl (C=O) groups is 2. The first-order valence-corrected chi connectivity index (χ1v) is 26.9. The Kier molecular flexibility index (Phi) is 16.1. The van der Waals surface area contributed by atoms with Crippen molar-refractivity contribution >= 4 is 50.6 Å². The molecule has 0 aliphatic rings. The van der Waals surface area contributed by atoms with Crippen molar-refractivity contribution in [3.05, 3.63) is 253 Å². The molecule has 0 spiro atoms. The smallest absolute Gasteiger partial charge is 0.256 e. The van der Waals surface area contributed by atoms with Crippen molar-refractivity contribution in [1.29, 1.82) is 0 Å². The number of imidazole rings is 1. The van der Waals surface area contributed by atoms with Crippen LogP contribution in [-0.4, -0.2) is 61.3 Å². The highest BCUT2D eigenvalue weighted by atomic mass is 32.2. The summed E-state index contributed by atoms with van der Waals surface area (Å²) in [5, 5.41) is 9.39. The Morgan fingerprint density at radius 2 is 1.01 bits per heavy atom. The van der Waals surface area contributed by atoms with Gasteiger partial charge in [0.1, 0.15) is 40.5 Å². The van der Waals surface area contributed by atoms with E-state index in [1.165, 1.54) is 36.6 Å². The third-order valence-electron chi connectivity index (χ3n) is 13.1. The number of halogens is 4. The van der Waals surface area contributed by atoms with Crippen LogP contribution in [0.5, 0.6) is 0 Å². The molecule has 4 N–H and O–H groups in total. The van der Waals surface area contributed by atoms with Crippen molar-refractivity contribution in [3.63, 3.8) is 0 Å². The number of aryl methyl sites for hydroxylation is 2. The molecule has 16 nitrogen and oxygen atoms in total. The fraction of sp³-hybridized carbons (Fsp3) is 0.0984. The summed E-state index contributed by atoms with van der Waals surface area (Å²) in [5.41, 5.74) is 3.21. The number of para-hydroxylation sites is 2. The summed E-state index contributed by atoms with van der Waals surface area (Å²) in [6.45, 7) is 4.56. The van der Waals surface area contributed by atoms with Gasteiger partial charge in [-0.05, 0) is 96.8 Å². The molecule has 0 aliphatic heterocycles. The van der Waals surface area contributed by atoms with E-state index < -0.39 is 56.6 Å². The molecule has 1 atom stereocenters. The molecular formula is C61H47F4N11O5S. The number of aromatic nitrogens is 8. The second kappa shape index (κ2) is 24.0. The fourth-order valence-corrected chi connectivity index (χ4v) is 9.46. The summed E-state index contributed by atoms with van der Waals surface area (Å²) < 4.78 is 73.8. The lowest BCUT2D eigenvalue weighted by atomic mass is 9.99. The van der Waals surface area contributed by atoms with E-state index >= 15 is 0 Å². The number of nitrogens with one attached hydrogen (secondary N) is 4. The molecule has 0 saturated carbocycles. The van der Waals surface area contributed by atoms with Gasteiger partial charge in [-0.25, -0.2) is 37.5 Å². The summed E-state index contributed by atoms with van der Waals surface area (Å²) in [4.78, 5) is 77.3. The number of pyridine rings is 2. The molecule has 0 saturated heterocycles. The maximum absolute atomic E-state index is 15.0. The Bertz CT molecular complexity index is 4350. The van der Waals surface area contributed by atoms with Gasteiger partial charge in [0, 0.05) is 76.9 Å². The van der Waals surface area contributed by atoms with Gasteiger partial charge in [-0.2, -0.15) is 4.98 Å². The minimum absolute atomic E-state index is 0.0122. The van der Waals surface area contributed by atoms with Crippen LogP contribution in [0.3, 0.4) is 0 Å². The van der Waals surface area contributed by atoms with Gasteiger partial charge in [0.25, 0.3) is 22.9 Å². The summed E-state index contributed by atoms with van der Waals surface area (Å²) in [6.07, 6.45) is 4.63. The number of hydrogen-bond donors (Lipinski definition) is 4. The fourth-order valence-electron chi connectivity index (χ4n) is 9.02. The molecule has 11 aromatic rings. The minimum atomic E-state index is -1.70. The molecule has 0 radical (unpaired) electrons. The van der Waals surface area contributed by atoms with E-state index in [0.717, 1.165) is 61.7 Å². The number of aromatic amines is 1. The van der Waals surface area contributed by atoms with Crippen LogP contribution in [0.2, 0.25) is 0 Å². The average Bonchev–Trinajstić information content (AvgIpc) is 2.64. The van der Waals surface area contributed by atoms with Crippen molar-refractivity contribution in [1.82, 2.24) is 49.7 Å². The standard InChI is InChI=1S/C32H25F2N7O2.C29H22F2N4O3S/c1-19-10-11-21(31(43)37-17-20-6-3-2-4-7-20)16-23(19)28-22-12-13-27(42)41(29-24(33)8-5-9-25(29)34)30(22)40-32(39-28)38-18-26-35-14-15-36-26;1-17-11-12-19(28(37)32-16-18-7-4-3-5-8-18)15-21(17)25-20-13-14-24(36)35(26-22(30)9-6-10-23(26)31)27(20)34-29(33-25)39(2)38/h2-16H,17-18H2,1H3,(H,35,36)(H,37,43)(H,38,39,40);3-15H,16H2,1-2H3,(H,32,37). The van der Waals surface area contributed by atoms with Gasteiger partial charge in [-0.3, -0.25) is 32.5 Å². The largest absolute Gasteiger partial charge is 0.348 e. The number of fused-ring (bicyclic) bond motifs is 2. The molecule has 6 aromatic carbocycles. The first-order valence-electron chi connectivity index (χ1n) is 25.3. The highest BCUT2D eigenvalue weighted by molar-refractivity contribution is 7.84. The zero-order valence-corrected chi connectivity index (χ0v) is 44.7. The molecule has 2 amide bonds. The van der Waals surface area contributed by atoms with E-state index in [4.69, 9.17) is 4.98 Å². The van der Waals surface area contributed by atoms with Crippen LogP contribution in [0.4, 0.5) is 23.5 Å². The molecule has 5 aromatic heterocycles. The van der Waals surface area contributed by atoms with Crippen LogP contribution < -0.4 is 27.1 Å². The third kappa shape index (κ3) is 11.7. The number of carbonyl (C=O) groups excluding carboxylic acids is 2. The zero-order valence-electron chi connectivity index (χ0n) is 43.9. The summed E-state index contributed by atoms with van der Waals surface area (Å²) in [5.74, 6) is -3.68. The number of anilines is 1. The minimum Gasteiger partial charge on any atom is -0.348 e. The first kappa shape index (κ1) is 55.1. The van der Waals surface area contributed by atoms with Gasteiger partial charge in [0.05, 0.1) is 28.7 Å². The second-order valence-corrected chi connectivity index (χ2v) is 19.9. The van der Waals surface area contributed by atoms with E-state index in [0.29, 0.717) is 52.2 Å². The van der Waals surface area contributed by atoms with Crippen molar-refractivity contribution in [2.24, 2.45) is 0 Å². The van der Waals surface area contributed by atoms with Crippen LogP contribution in [0.1, 0.15) is 48.8 Å². The lowest BCUT2D eigenvalue weighted by Crippen LogP contribution is -2.23. The van der Waals surface area contributed by atoms with Crippen molar-refractivity contribution < 1.29 is 31.4 Å². The van der Waals surface area contributed by atoms with Crippen LogP contribution >= 0.6 is 0 Å². The number of rotatable bonds is 14. The Morgan fingerprint density at radius 1 is 0.549 bits per heavy atom. The molecule has 82 heavy (non-hydrogen) atoms. The molecule has 0 aliphatic carbocycles. The van der Waals surface area contributed by atoms with Crippen LogP contribution in [0, 0.1) is 37.1 Å². The van der Waals surface area contributed by atoms with E-state index in [-0.39, 0.29) is 51.8 Å². The van der Waals surface area contributed by atoms with Crippen molar-refractivity contribution in [3.8, 4) is 33.9 Å². The Balaban J connectivity index is 0.000000185. The van der Waals surface area contributed by atoms with Gasteiger partial charge in [0.2, 0.25) is 11.1 Å². The van der Waals surface area contributed by atoms with Crippen molar-refractivity contribution in [2.45, 2.75) is 38.6 Å². The number of nitrogens with zero attached hydrogens (tertiary/aromatic N) is 7. The Morgan fingerprint density at radius 3 is 1.46 bits per heavy atom. The molecule has 0 fully saturated rings. The van der Waals surface area contributed by atoms with Gasteiger partial charge in [0.15, 0.2) is 11.3 Å².